The lowest BCUT2D eigenvalue weighted by atomic mass is 10.1. The summed E-state index contributed by atoms with van der Waals surface area (Å²) < 4.78 is 8.08. The van der Waals surface area contributed by atoms with Crippen LogP contribution in [0.2, 0.25) is 5.02 Å². The van der Waals surface area contributed by atoms with E-state index in [1.807, 2.05) is 19.1 Å². The van der Waals surface area contributed by atoms with Crippen LogP contribution < -0.4 is 11.2 Å². The summed E-state index contributed by atoms with van der Waals surface area (Å²) >= 11 is 7.37. The summed E-state index contributed by atoms with van der Waals surface area (Å²) in [6.07, 6.45) is 1.35. The monoisotopic (exact) mass is 500 g/mol. The molecule has 0 saturated carbocycles. The maximum atomic E-state index is 13.1. The molecular formula is C23H25ClN6O3S. The number of hydrogen-bond acceptors (Lipinski definition) is 8. The van der Waals surface area contributed by atoms with Gasteiger partial charge in [0, 0.05) is 30.6 Å². The second-order valence-electron chi connectivity index (χ2n) is 8.35. The SMILES string of the molecule is CCCn1c(=O)n(C)c(=O)c2c(SCc3nc(-c4cccc(Cl)c4)no3)nc(CC(C)C)nc21. The van der Waals surface area contributed by atoms with Gasteiger partial charge in [-0.05, 0) is 24.5 Å². The lowest BCUT2D eigenvalue weighted by molar-refractivity contribution is 0.391. The van der Waals surface area contributed by atoms with Crippen molar-refractivity contribution in [1.82, 2.24) is 29.2 Å². The first kappa shape index (κ1) is 24.2. The van der Waals surface area contributed by atoms with Crippen LogP contribution in [0.1, 0.15) is 38.9 Å². The predicted molar refractivity (Wildman–Crippen MR) is 132 cm³/mol. The van der Waals surface area contributed by atoms with Gasteiger partial charge in [0.15, 0.2) is 5.65 Å². The lowest BCUT2D eigenvalue weighted by Gasteiger charge is -2.14. The molecule has 0 bridgehead atoms. The molecule has 0 saturated heterocycles. The van der Waals surface area contributed by atoms with Gasteiger partial charge >= 0.3 is 5.69 Å². The number of benzene rings is 1. The third-order valence-corrected chi connectivity index (χ3v) is 6.31. The van der Waals surface area contributed by atoms with E-state index in [-0.39, 0.29) is 5.69 Å². The van der Waals surface area contributed by atoms with Crippen LogP contribution in [0.15, 0.2) is 43.4 Å². The Balaban J connectivity index is 1.75. The molecule has 0 fully saturated rings. The second kappa shape index (κ2) is 10.1. The maximum absolute atomic E-state index is 13.1. The van der Waals surface area contributed by atoms with Crippen LogP contribution in [0.25, 0.3) is 22.4 Å². The average molecular weight is 501 g/mol. The molecule has 0 unspecified atom stereocenters. The van der Waals surface area contributed by atoms with Gasteiger partial charge in [0.05, 0.1) is 5.75 Å². The normalized spacial score (nSPS) is 11.6. The highest BCUT2D eigenvalue weighted by molar-refractivity contribution is 7.98. The summed E-state index contributed by atoms with van der Waals surface area (Å²) in [5, 5.41) is 5.44. The topological polar surface area (TPSA) is 109 Å². The van der Waals surface area contributed by atoms with Crippen LogP contribution in [0.5, 0.6) is 0 Å². The molecule has 3 aromatic heterocycles. The summed E-state index contributed by atoms with van der Waals surface area (Å²) in [7, 11) is 1.47. The van der Waals surface area contributed by atoms with E-state index in [1.165, 1.54) is 18.8 Å². The molecule has 4 aromatic rings. The molecule has 34 heavy (non-hydrogen) atoms. The predicted octanol–water partition coefficient (Wildman–Crippen LogP) is 4.09. The Hall–Kier alpha value is -2.98. The zero-order valence-corrected chi connectivity index (χ0v) is 21.0. The molecule has 4 rings (SSSR count). The molecule has 3 heterocycles. The molecule has 0 aliphatic heterocycles. The number of fused-ring (bicyclic) bond motifs is 1. The van der Waals surface area contributed by atoms with E-state index in [1.54, 1.807) is 16.7 Å². The first-order chi connectivity index (χ1) is 16.3. The lowest BCUT2D eigenvalue weighted by Crippen LogP contribution is -2.39. The zero-order chi connectivity index (χ0) is 24.4. The minimum Gasteiger partial charge on any atom is -0.338 e. The molecule has 0 radical (unpaired) electrons. The fourth-order valence-electron chi connectivity index (χ4n) is 3.56. The van der Waals surface area contributed by atoms with Crippen molar-refractivity contribution < 1.29 is 4.52 Å². The Labute approximate surface area is 205 Å². The van der Waals surface area contributed by atoms with Gasteiger partial charge in [-0.25, -0.2) is 14.8 Å². The van der Waals surface area contributed by atoms with Gasteiger partial charge < -0.3 is 4.52 Å². The van der Waals surface area contributed by atoms with Crippen molar-refractivity contribution >= 4 is 34.4 Å². The van der Waals surface area contributed by atoms with E-state index < -0.39 is 5.56 Å². The van der Waals surface area contributed by atoms with Crippen LogP contribution >= 0.6 is 23.4 Å². The largest absolute Gasteiger partial charge is 0.338 e. The number of hydrogen-bond donors (Lipinski definition) is 0. The summed E-state index contributed by atoms with van der Waals surface area (Å²) in [5.41, 5.74) is 0.313. The van der Waals surface area contributed by atoms with E-state index in [2.05, 4.69) is 34.0 Å². The molecule has 178 valence electrons. The highest BCUT2D eigenvalue weighted by Crippen LogP contribution is 2.27. The Morgan fingerprint density at radius 1 is 1.18 bits per heavy atom. The minimum atomic E-state index is -0.420. The summed E-state index contributed by atoms with van der Waals surface area (Å²) in [4.78, 5) is 39.6. The molecule has 1 aromatic carbocycles. The highest BCUT2D eigenvalue weighted by atomic mass is 35.5. The van der Waals surface area contributed by atoms with Gasteiger partial charge in [-0.1, -0.05) is 61.4 Å². The van der Waals surface area contributed by atoms with E-state index in [0.29, 0.717) is 63.3 Å². The Kier molecular flexibility index (Phi) is 7.18. The van der Waals surface area contributed by atoms with E-state index in [0.717, 1.165) is 16.6 Å². The molecular weight excluding hydrogens is 476 g/mol. The average Bonchev–Trinajstić information content (AvgIpc) is 3.27. The van der Waals surface area contributed by atoms with Gasteiger partial charge in [-0.2, -0.15) is 4.98 Å². The first-order valence-corrected chi connectivity index (χ1v) is 12.4. The number of halogens is 1. The fraction of sp³-hybridized carbons (Fsp3) is 0.391. The number of rotatable bonds is 8. The van der Waals surface area contributed by atoms with Gasteiger partial charge in [0.25, 0.3) is 5.56 Å². The van der Waals surface area contributed by atoms with Crippen molar-refractivity contribution in [3.05, 3.63) is 61.8 Å². The molecule has 0 amide bonds. The van der Waals surface area contributed by atoms with Crippen LogP contribution in [-0.2, 0) is 25.8 Å². The van der Waals surface area contributed by atoms with E-state index >= 15 is 0 Å². The minimum absolute atomic E-state index is 0.302. The molecule has 0 atom stereocenters. The zero-order valence-electron chi connectivity index (χ0n) is 19.4. The molecule has 0 aliphatic rings. The number of thioether (sulfide) groups is 1. The maximum Gasteiger partial charge on any atom is 0.332 e. The number of aryl methyl sites for hydroxylation is 1. The van der Waals surface area contributed by atoms with Crippen molar-refractivity contribution in [2.45, 2.75) is 50.9 Å². The van der Waals surface area contributed by atoms with Crippen molar-refractivity contribution in [2.24, 2.45) is 13.0 Å². The fourth-order valence-corrected chi connectivity index (χ4v) is 4.62. The van der Waals surface area contributed by atoms with Gasteiger partial charge in [0.2, 0.25) is 11.7 Å². The van der Waals surface area contributed by atoms with Crippen molar-refractivity contribution in [3.8, 4) is 11.4 Å². The van der Waals surface area contributed by atoms with E-state index in [4.69, 9.17) is 16.1 Å². The van der Waals surface area contributed by atoms with Crippen LogP contribution in [-0.4, -0.2) is 29.2 Å². The second-order valence-corrected chi connectivity index (χ2v) is 9.75. The Bertz CT molecular complexity index is 1460. The quantitative estimate of drug-likeness (QED) is 0.263. The third-order valence-electron chi connectivity index (χ3n) is 5.12. The van der Waals surface area contributed by atoms with Crippen LogP contribution in [0.4, 0.5) is 0 Å². The van der Waals surface area contributed by atoms with Crippen molar-refractivity contribution in [3.63, 3.8) is 0 Å². The van der Waals surface area contributed by atoms with Gasteiger partial charge in [-0.15, -0.1) is 0 Å². The smallest absolute Gasteiger partial charge is 0.332 e. The Morgan fingerprint density at radius 2 is 1.97 bits per heavy atom. The number of aromatic nitrogens is 6. The first-order valence-electron chi connectivity index (χ1n) is 11.0. The van der Waals surface area contributed by atoms with Crippen molar-refractivity contribution in [1.29, 1.82) is 0 Å². The summed E-state index contributed by atoms with van der Waals surface area (Å²) in [6.45, 7) is 6.57. The van der Waals surface area contributed by atoms with Crippen LogP contribution in [0, 0.1) is 5.92 Å². The standard InChI is InChI=1S/C23H25ClN6O3S/c1-5-9-30-20-18(22(31)29(4)23(30)32)21(26-16(25-20)10-13(2)3)34-12-17-27-19(28-33-17)14-7-6-8-15(24)11-14/h6-8,11,13H,5,9-10,12H2,1-4H3. The van der Waals surface area contributed by atoms with Gasteiger partial charge in [0.1, 0.15) is 16.2 Å². The third kappa shape index (κ3) is 4.92. The molecule has 9 nitrogen and oxygen atoms in total. The molecule has 0 aliphatic carbocycles. The summed E-state index contributed by atoms with van der Waals surface area (Å²) in [5.74, 6) is 2.02. The highest BCUT2D eigenvalue weighted by Gasteiger charge is 2.20. The summed E-state index contributed by atoms with van der Waals surface area (Å²) in [6, 6.07) is 7.20. The van der Waals surface area contributed by atoms with E-state index in [9.17, 15) is 9.59 Å². The number of nitrogens with zero attached hydrogens (tertiary/aromatic N) is 6. The Morgan fingerprint density at radius 3 is 2.68 bits per heavy atom. The molecule has 11 heteroatoms. The molecule has 0 spiro atoms. The van der Waals surface area contributed by atoms with Gasteiger partial charge in [-0.3, -0.25) is 13.9 Å². The van der Waals surface area contributed by atoms with Crippen LogP contribution in [0.3, 0.4) is 0 Å². The molecule has 0 N–H and O–H groups in total. The van der Waals surface area contributed by atoms with Crippen molar-refractivity contribution in [2.75, 3.05) is 0 Å².